The quantitative estimate of drug-likeness (QED) is 0.674. The number of ether oxygens (including phenoxy) is 1. The van der Waals surface area contributed by atoms with Crippen molar-refractivity contribution in [3.8, 4) is 11.5 Å². The lowest BCUT2D eigenvalue weighted by Crippen LogP contribution is -2.38. The van der Waals surface area contributed by atoms with Gasteiger partial charge in [0.05, 0.1) is 6.61 Å². The van der Waals surface area contributed by atoms with Gasteiger partial charge in [0.15, 0.2) is 0 Å². The van der Waals surface area contributed by atoms with Crippen molar-refractivity contribution in [2.45, 2.75) is 33.4 Å². The minimum absolute atomic E-state index is 0.00871. The van der Waals surface area contributed by atoms with E-state index in [2.05, 4.69) is 17.1 Å². The molecule has 1 aliphatic heterocycles. The monoisotopic (exact) mass is 376 g/mol. The third-order valence-corrected chi connectivity index (χ3v) is 5.14. The van der Waals surface area contributed by atoms with E-state index in [9.17, 15) is 4.79 Å². The molecule has 0 spiro atoms. The predicted molar refractivity (Wildman–Crippen MR) is 107 cm³/mol. The van der Waals surface area contributed by atoms with Gasteiger partial charge < -0.3 is 14.1 Å². The van der Waals surface area contributed by atoms with Crippen molar-refractivity contribution in [3.05, 3.63) is 76.7 Å². The minimum Gasteiger partial charge on any atom is -0.441 e. The average Bonchev–Trinajstić information content (AvgIpc) is 3.08. The van der Waals surface area contributed by atoms with Crippen LogP contribution in [0.15, 0.2) is 52.9 Å². The van der Waals surface area contributed by atoms with Gasteiger partial charge in [-0.25, -0.2) is 4.98 Å². The summed E-state index contributed by atoms with van der Waals surface area (Å²) in [6, 6.07) is 16.3. The maximum atomic E-state index is 12.5. The molecule has 144 valence electrons. The highest BCUT2D eigenvalue weighted by Gasteiger charge is 2.20. The molecule has 0 radical (unpaired) electrons. The number of rotatable bonds is 5. The topological polar surface area (TPSA) is 55.6 Å². The summed E-state index contributed by atoms with van der Waals surface area (Å²) in [4.78, 5) is 18.9. The van der Waals surface area contributed by atoms with Gasteiger partial charge in [0.25, 0.3) is 0 Å². The molecule has 2 heterocycles. The molecule has 2 aromatic carbocycles. The van der Waals surface area contributed by atoms with Crippen molar-refractivity contribution in [2.75, 3.05) is 13.2 Å². The van der Waals surface area contributed by atoms with Gasteiger partial charge in [0, 0.05) is 18.7 Å². The second-order valence-corrected chi connectivity index (χ2v) is 7.21. The van der Waals surface area contributed by atoms with E-state index in [1.807, 2.05) is 55.1 Å². The number of aryl methyl sites for hydroxylation is 2. The van der Waals surface area contributed by atoms with E-state index in [0.29, 0.717) is 12.4 Å². The number of aromatic nitrogens is 1. The number of nitrogens with zero attached hydrogens (tertiary/aromatic N) is 2. The highest BCUT2D eigenvalue weighted by Crippen LogP contribution is 2.23. The van der Waals surface area contributed by atoms with Crippen molar-refractivity contribution in [3.63, 3.8) is 0 Å². The molecule has 5 heteroatoms. The Morgan fingerprint density at radius 1 is 1.11 bits per heavy atom. The van der Waals surface area contributed by atoms with Gasteiger partial charge in [-0.15, -0.1) is 0 Å². The first-order valence-corrected chi connectivity index (χ1v) is 9.56. The van der Waals surface area contributed by atoms with E-state index in [1.165, 1.54) is 16.7 Å². The molecule has 0 bridgehead atoms. The van der Waals surface area contributed by atoms with Crippen LogP contribution in [0.3, 0.4) is 0 Å². The van der Waals surface area contributed by atoms with Crippen LogP contribution in [-0.4, -0.2) is 28.9 Å². The molecule has 1 aromatic heterocycles. The van der Waals surface area contributed by atoms with Crippen LogP contribution in [0.25, 0.3) is 11.5 Å². The van der Waals surface area contributed by atoms with Gasteiger partial charge in [-0.05, 0) is 43.5 Å². The summed E-state index contributed by atoms with van der Waals surface area (Å²) in [5.41, 5.74) is 5.40. The van der Waals surface area contributed by atoms with Crippen LogP contribution in [-0.2, 0) is 29.1 Å². The number of hydrogen-bond donors (Lipinski definition) is 0. The van der Waals surface area contributed by atoms with Crippen LogP contribution in [0.2, 0.25) is 0 Å². The summed E-state index contributed by atoms with van der Waals surface area (Å²) < 4.78 is 11.4. The zero-order valence-corrected chi connectivity index (χ0v) is 16.3. The number of fused-ring (bicyclic) bond motifs is 1. The van der Waals surface area contributed by atoms with Gasteiger partial charge >= 0.3 is 0 Å². The molecule has 4 rings (SSSR count). The first-order chi connectivity index (χ1) is 13.6. The molecule has 0 aliphatic carbocycles. The van der Waals surface area contributed by atoms with E-state index >= 15 is 0 Å². The van der Waals surface area contributed by atoms with Crippen molar-refractivity contribution in [1.29, 1.82) is 0 Å². The Balaban J connectivity index is 1.33. The molecule has 0 saturated heterocycles. The summed E-state index contributed by atoms with van der Waals surface area (Å²) in [5.74, 6) is 1.30. The number of carbonyl (C=O) groups excluding carboxylic acids is 1. The predicted octanol–water partition coefficient (Wildman–Crippen LogP) is 4.06. The summed E-state index contributed by atoms with van der Waals surface area (Å²) in [5, 5.41) is 0. The third kappa shape index (κ3) is 3.99. The minimum atomic E-state index is 0.00871. The first kappa shape index (κ1) is 18.4. The Morgan fingerprint density at radius 3 is 2.64 bits per heavy atom. The highest BCUT2D eigenvalue weighted by atomic mass is 16.5. The molecular weight excluding hydrogens is 352 g/mol. The zero-order chi connectivity index (χ0) is 19.5. The van der Waals surface area contributed by atoms with Crippen molar-refractivity contribution in [1.82, 2.24) is 9.88 Å². The van der Waals surface area contributed by atoms with E-state index in [1.54, 1.807) is 0 Å². The average molecular weight is 376 g/mol. The highest BCUT2D eigenvalue weighted by molar-refractivity contribution is 5.77. The Morgan fingerprint density at radius 2 is 1.86 bits per heavy atom. The Kier molecular flexibility index (Phi) is 5.26. The standard InChI is InChI=1S/C23H24N2O3/c1-16-7-9-19(10-8-16)23-24-21(17(2)28-23)14-27-15-22(26)25-12-11-18-5-3-4-6-20(18)13-25/h3-10H,11-15H2,1-2H3. The van der Waals surface area contributed by atoms with Crippen molar-refractivity contribution in [2.24, 2.45) is 0 Å². The largest absolute Gasteiger partial charge is 0.441 e. The fourth-order valence-corrected chi connectivity index (χ4v) is 3.42. The molecule has 0 N–H and O–H groups in total. The van der Waals surface area contributed by atoms with E-state index in [0.717, 1.165) is 30.0 Å². The Bertz CT molecular complexity index is 976. The van der Waals surface area contributed by atoms with E-state index < -0.39 is 0 Å². The van der Waals surface area contributed by atoms with Crippen LogP contribution in [0.1, 0.15) is 28.1 Å². The van der Waals surface area contributed by atoms with E-state index in [4.69, 9.17) is 9.15 Å². The van der Waals surface area contributed by atoms with Gasteiger partial charge in [-0.3, -0.25) is 4.79 Å². The number of hydrogen-bond acceptors (Lipinski definition) is 4. The molecule has 28 heavy (non-hydrogen) atoms. The molecule has 0 atom stereocenters. The fourth-order valence-electron chi connectivity index (χ4n) is 3.42. The summed E-state index contributed by atoms with van der Waals surface area (Å²) in [6.45, 7) is 5.61. The molecular formula is C23H24N2O3. The SMILES string of the molecule is Cc1ccc(-c2nc(COCC(=O)N3CCc4ccccc4C3)c(C)o2)cc1. The van der Waals surface area contributed by atoms with Gasteiger partial charge in [0.2, 0.25) is 11.8 Å². The van der Waals surface area contributed by atoms with Gasteiger partial charge in [0.1, 0.15) is 18.1 Å². The van der Waals surface area contributed by atoms with Crippen LogP contribution in [0.5, 0.6) is 0 Å². The zero-order valence-electron chi connectivity index (χ0n) is 16.3. The van der Waals surface area contributed by atoms with Crippen molar-refractivity contribution >= 4 is 5.91 Å². The lowest BCUT2D eigenvalue weighted by atomic mass is 10.00. The molecule has 0 fully saturated rings. The summed E-state index contributed by atoms with van der Waals surface area (Å²) in [6.07, 6.45) is 0.893. The van der Waals surface area contributed by atoms with Crippen molar-refractivity contribution < 1.29 is 13.9 Å². The Labute approximate surface area is 165 Å². The summed E-state index contributed by atoms with van der Waals surface area (Å²) >= 11 is 0. The van der Waals surface area contributed by atoms with Crippen LogP contribution in [0, 0.1) is 13.8 Å². The molecule has 3 aromatic rings. The third-order valence-electron chi connectivity index (χ3n) is 5.14. The number of carbonyl (C=O) groups is 1. The normalized spacial score (nSPS) is 13.4. The molecule has 0 saturated carbocycles. The van der Waals surface area contributed by atoms with Crippen LogP contribution >= 0.6 is 0 Å². The lowest BCUT2D eigenvalue weighted by molar-refractivity contribution is -0.137. The maximum absolute atomic E-state index is 12.5. The lowest BCUT2D eigenvalue weighted by Gasteiger charge is -2.28. The Hall–Kier alpha value is -2.92. The first-order valence-electron chi connectivity index (χ1n) is 9.56. The number of benzene rings is 2. The fraction of sp³-hybridized carbons (Fsp3) is 0.304. The van der Waals surface area contributed by atoms with Gasteiger partial charge in [-0.1, -0.05) is 42.0 Å². The molecule has 5 nitrogen and oxygen atoms in total. The smallest absolute Gasteiger partial charge is 0.248 e. The van der Waals surface area contributed by atoms with Crippen LogP contribution in [0.4, 0.5) is 0 Å². The summed E-state index contributed by atoms with van der Waals surface area (Å²) in [7, 11) is 0. The van der Waals surface area contributed by atoms with Crippen LogP contribution < -0.4 is 0 Å². The molecule has 1 amide bonds. The number of amides is 1. The molecule has 0 unspecified atom stereocenters. The molecule has 1 aliphatic rings. The maximum Gasteiger partial charge on any atom is 0.248 e. The van der Waals surface area contributed by atoms with Gasteiger partial charge in [-0.2, -0.15) is 0 Å². The number of oxazole rings is 1. The second-order valence-electron chi connectivity index (χ2n) is 7.21. The van der Waals surface area contributed by atoms with E-state index in [-0.39, 0.29) is 19.1 Å². The second kappa shape index (κ2) is 7.98.